The van der Waals surface area contributed by atoms with Gasteiger partial charge >= 0.3 is 5.97 Å². The molecule has 0 spiro atoms. The van der Waals surface area contributed by atoms with Crippen LogP contribution in [-0.2, 0) is 4.79 Å². The molecule has 4 aromatic rings. The maximum Gasteiger partial charge on any atom is 0.335 e. The van der Waals surface area contributed by atoms with E-state index in [-0.39, 0.29) is 28.6 Å². The number of anilines is 1. The molecular weight excluding hydrogens is 522 g/mol. The zero-order chi connectivity index (χ0) is 27.1. The van der Waals surface area contributed by atoms with Gasteiger partial charge in [-0.05, 0) is 42.0 Å². The van der Waals surface area contributed by atoms with E-state index in [1.807, 2.05) is 60.7 Å². The lowest BCUT2D eigenvalue weighted by atomic mass is 9.99. The zero-order valence-corrected chi connectivity index (χ0v) is 21.8. The summed E-state index contributed by atoms with van der Waals surface area (Å²) in [5.74, 6) is -0.410. The summed E-state index contributed by atoms with van der Waals surface area (Å²) in [6, 6.07) is 25.4. The molecule has 2 N–H and O–H groups in total. The van der Waals surface area contributed by atoms with Gasteiger partial charge in [0, 0.05) is 23.3 Å². The maximum atomic E-state index is 12.6. The Balaban J connectivity index is 1.59. The number of aromatic nitrogens is 1. The molecule has 0 bridgehead atoms. The lowest BCUT2D eigenvalue weighted by Gasteiger charge is -2.13. The van der Waals surface area contributed by atoms with E-state index >= 15 is 0 Å². The first-order chi connectivity index (χ1) is 18.4. The first-order valence-corrected chi connectivity index (χ1v) is 12.9. The normalized spacial score (nSPS) is 10.4. The molecule has 3 aromatic carbocycles. The number of nitrogens with zero attached hydrogens (tertiary/aromatic N) is 2. The highest BCUT2D eigenvalue weighted by Crippen LogP contribution is 2.35. The molecule has 0 unspecified atom stereocenters. The number of amides is 1. The first-order valence-electron chi connectivity index (χ1n) is 11.5. The summed E-state index contributed by atoms with van der Waals surface area (Å²) >= 11 is 7.42. The third-order valence-electron chi connectivity index (χ3n) is 5.62. The molecule has 9 heteroatoms. The Morgan fingerprint density at radius 3 is 2.45 bits per heavy atom. The summed E-state index contributed by atoms with van der Waals surface area (Å²) in [5, 5.41) is 22.7. The molecular formula is C29H22ClN3O4S. The molecule has 0 aliphatic heterocycles. The van der Waals surface area contributed by atoms with E-state index in [1.165, 1.54) is 30.0 Å². The van der Waals surface area contributed by atoms with Gasteiger partial charge in [0.25, 0.3) is 0 Å². The number of methoxy groups -OCH3 is 1. The molecule has 0 saturated carbocycles. The Morgan fingerprint density at radius 2 is 1.79 bits per heavy atom. The number of nitrogens with one attached hydrogen (secondary N) is 1. The Kier molecular flexibility index (Phi) is 8.64. The number of hydrogen-bond donors (Lipinski definition) is 2. The molecule has 0 radical (unpaired) electrons. The average molecular weight is 544 g/mol. The van der Waals surface area contributed by atoms with Crippen molar-refractivity contribution in [1.29, 1.82) is 5.26 Å². The van der Waals surface area contributed by atoms with E-state index in [9.17, 15) is 20.0 Å². The van der Waals surface area contributed by atoms with Crippen molar-refractivity contribution in [3.8, 4) is 34.2 Å². The fraction of sp³-hybridized carbons (Fsp3) is 0.103. The molecule has 1 heterocycles. The van der Waals surface area contributed by atoms with E-state index in [1.54, 1.807) is 7.11 Å². The molecule has 0 saturated heterocycles. The highest BCUT2D eigenvalue weighted by Gasteiger charge is 2.17. The highest BCUT2D eigenvalue weighted by atomic mass is 35.5. The fourth-order valence-corrected chi connectivity index (χ4v) is 4.80. The number of carbonyl (C=O) groups is 2. The predicted octanol–water partition coefficient (Wildman–Crippen LogP) is 6.77. The molecule has 4 rings (SSSR count). The Bertz CT molecular complexity index is 1520. The fourth-order valence-electron chi connectivity index (χ4n) is 3.70. The number of ether oxygens (including phenoxy) is 1. The van der Waals surface area contributed by atoms with Gasteiger partial charge < -0.3 is 15.2 Å². The summed E-state index contributed by atoms with van der Waals surface area (Å²) in [6.45, 7) is 0. The number of aromatic carboxylic acids is 1. The average Bonchev–Trinajstić information content (AvgIpc) is 2.94. The Labute approximate surface area is 229 Å². The van der Waals surface area contributed by atoms with Gasteiger partial charge in [0.05, 0.1) is 34.6 Å². The van der Waals surface area contributed by atoms with Gasteiger partial charge in [0.1, 0.15) is 16.8 Å². The van der Waals surface area contributed by atoms with Crippen molar-refractivity contribution in [3.63, 3.8) is 0 Å². The lowest BCUT2D eigenvalue weighted by molar-refractivity contribution is -0.115. The largest absolute Gasteiger partial charge is 0.497 e. The molecule has 7 nitrogen and oxygen atoms in total. The number of benzene rings is 3. The van der Waals surface area contributed by atoms with Crippen LogP contribution in [0.1, 0.15) is 22.3 Å². The molecule has 0 aliphatic carbocycles. The van der Waals surface area contributed by atoms with Gasteiger partial charge in [0.15, 0.2) is 0 Å². The molecule has 0 fully saturated rings. The molecule has 190 valence electrons. The van der Waals surface area contributed by atoms with Gasteiger partial charge in [-0.15, -0.1) is 11.8 Å². The van der Waals surface area contributed by atoms with Crippen molar-refractivity contribution in [2.45, 2.75) is 11.4 Å². The summed E-state index contributed by atoms with van der Waals surface area (Å²) in [5.41, 5.74) is 3.84. The van der Waals surface area contributed by atoms with Crippen molar-refractivity contribution in [1.82, 2.24) is 4.98 Å². The van der Waals surface area contributed by atoms with E-state index < -0.39 is 5.97 Å². The number of rotatable bonds is 9. The van der Waals surface area contributed by atoms with Crippen LogP contribution in [-0.4, -0.2) is 34.8 Å². The summed E-state index contributed by atoms with van der Waals surface area (Å²) < 4.78 is 5.27. The number of pyridine rings is 1. The minimum Gasteiger partial charge on any atom is -0.497 e. The van der Waals surface area contributed by atoms with Gasteiger partial charge in [0.2, 0.25) is 5.91 Å². The van der Waals surface area contributed by atoms with E-state index in [4.69, 9.17) is 21.3 Å². The van der Waals surface area contributed by atoms with Crippen molar-refractivity contribution in [2.75, 3.05) is 18.2 Å². The Morgan fingerprint density at radius 1 is 1.05 bits per heavy atom. The van der Waals surface area contributed by atoms with Crippen LogP contribution in [0.25, 0.3) is 22.4 Å². The lowest BCUT2D eigenvalue weighted by Crippen LogP contribution is -2.13. The second-order valence-electron chi connectivity index (χ2n) is 8.09. The number of carboxylic acid groups (broad SMARTS) is 1. The van der Waals surface area contributed by atoms with Crippen LogP contribution in [0.5, 0.6) is 5.75 Å². The number of hydrogen-bond acceptors (Lipinski definition) is 6. The van der Waals surface area contributed by atoms with Gasteiger partial charge in [-0.25, -0.2) is 9.78 Å². The molecule has 0 aliphatic rings. The van der Waals surface area contributed by atoms with Crippen LogP contribution in [0, 0.1) is 11.3 Å². The smallest absolute Gasteiger partial charge is 0.335 e. The van der Waals surface area contributed by atoms with Crippen LogP contribution in [0.3, 0.4) is 0 Å². The standard InChI is InChI=1S/C29H22ClN3O4S/c1-37-21-10-7-18(8-11-21)22-16-25(19-5-3-2-4-6-19)33-28(23(22)17-31)38-14-13-27(34)32-26-15-20(29(35)36)9-12-24(26)30/h2-12,15-16H,13-14H2,1H3,(H,32,34)(H,35,36). The van der Waals surface area contributed by atoms with Crippen molar-refractivity contribution in [3.05, 3.63) is 95.0 Å². The van der Waals surface area contributed by atoms with E-state index in [0.29, 0.717) is 27.8 Å². The van der Waals surface area contributed by atoms with Crippen molar-refractivity contribution >= 4 is 40.9 Å². The van der Waals surface area contributed by atoms with Crippen molar-refractivity contribution in [2.24, 2.45) is 0 Å². The quantitative estimate of drug-likeness (QED) is 0.224. The van der Waals surface area contributed by atoms with Crippen LogP contribution >= 0.6 is 23.4 Å². The number of halogens is 1. The summed E-state index contributed by atoms with van der Waals surface area (Å²) in [7, 11) is 1.59. The Hall–Kier alpha value is -4.32. The number of thioether (sulfide) groups is 1. The van der Waals surface area contributed by atoms with Crippen LogP contribution in [0.2, 0.25) is 5.02 Å². The monoisotopic (exact) mass is 543 g/mol. The van der Waals surface area contributed by atoms with E-state index in [2.05, 4.69) is 11.4 Å². The molecule has 38 heavy (non-hydrogen) atoms. The van der Waals surface area contributed by atoms with Gasteiger partial charge in [-0.3, -0.25) is 4.79 Å². The van der Waals surface area contributed by atoms with Crippen molar-refractivity contribution < 1.29 is 19.4 Å². The third kappa shape index (κ3) is 6.32. The highest BCUT2D eigenvalue weighted by molar-refractivity contribution is 7.99. The minimum absolute atomic E-state index is 0.0192. The SMILES string of the molecule is COc1ccc(-c2cc(-c3ccccc3)nc(SCCC(=O)Nc3cc(C(=O)O)ccc3Cl)c2C#N)cc1. The van der Waals surface area contributed by atoms with E-state index in [0.717, 1.165) is 16.7 Å². The van der Waals surface area contributed by atoms with Crippen LogP contribution < -0.4 is 10.1 Å². The maximum absolute atomic E-state index is 12.6. The summed E-state index contributed by atoms with van der Waals surface area (Å²) in [4.78, 5) is 28.6. The zero-order valence-electron chi connectivity index (χ0n) is 20.3. The first kappa shape index (κ1) is 26.7. The van der Waals surface area contributed by atoms with Crippen LogP contribution in [0.15, 0.2) is 83.9 Å². The third-order valence-corrected chi connectivity index (χ3v) is 6.93. The number of carboxylic acids is 1. The number of nitriles is 1. The van der Waals surface area contributed by atoms with Gasteiger partial charge in [-0.2, -0.15) is 5.26 Å². The minimum atomic E-state index is -1.12. The second-order valence-corrected chi connectivity index (χ2v) is 9.58. The molecule has 0 atom stereocenters. The number of carbonyl (C=O) groups excluding carboxylic acids is 1. The predicted molar refractivity (Wildman–Crippen MR) is 149 cm³/mol. The summed E-state index contributed by atoms with van der Waals surface area (Å²) in [6.07, 6.45) is 0.0955. The molecule has 1 aromatic heterocycles. The van der Waals surface area contributed by atoms with Crippen LogP contribution in [0.4, 0.5) is 5.69 Å². The topological polar surface area (TPSA) is 112 Å². The van der Waals surface area contributed by atoms with Gasteiger partial charge in [-0.1, -0.05) is 54.1 Å². The molecule has 1 amide bonds. The second kappa shape index (κ2) is 12.3.